The maximum absolute atomic E-state index is 13.5. The summed E-state index contributed by atoms with van der Waals surface area (Å²) >= 11 is 0. The van der Waals surface area contributed by atoms with E-state index in [0.29, 0.717) is 30.6 Å². The lowest BCUT2D eigenvalue weighted by Gasteiger charge is -2.32. The van der Waals surface area contributed by atoms with Gasteiger partial charge in [-0.1, -0.05) is 19.3 Å². The van der Waals surface area contributed by atoms with Crippen molar-refractivity contribution in [3.8, 4) is 0 Å². The molecule has 1 heterocycles. The topological polar surface area (TPSA) is 78.5 Å². The van der Waals surface area contributed by atoms with Crippen LogP contribution < -0.4 is 10.6 Å². The minimum absolute atomic E-state index is 0.490. The molecule has 0 bridgehead atoms. The van der Waals surface area contributed by atoms with Crippen LogP contribution in [-0.2, 0) is 9.59 Å². The Morgan fingerprint density at radius 3 is 2.26 bits per heavy atom. The number of halogens is 3. The zero-order valence-electron chi connectivity index (χ0n) is 12.4. The summed E-state index contributed by atoms with van der Waals surface area (Å²) in [6, 6.07) is -1.63. The molecule has 2 aliphatic carbocycles. The van der Waals surface area contributed by atoms with Crippen LogP contribution in [0.3, 0.4) is 0 Å². The summed E-state index contributed by atoms with van der Waals surface area (Å²) in [6.07, 6.45) is -0.684. The highest BCUT2D eigenvalue weighted by atomic mass is 19.4. The first kappa shape index (κ1) is 16.1. The first-order valence-corrected chi connectivity index (χ1v) is 7.81. The minimum Gasteiger partial charge on any atom is -0.318 e. The Balaban J connectivity index is 1.88. The van der Waals surface area contributed by atoms with Gasteiger partial charge in [0, 0.05) is 12.0 Å². The molecule has 0 radical (unpaired) electrons. The molecule has 0 unspecified atom stereocenters. The fourth-order valence-electron chi connectivity index (χ4n) is 3.20. The van der Waals surface area contributed by atoms with Gasteiger partial charge in [0.2, 0.25) is 5.91 Å². The lowest BCUT2D eigenvalue weighted by molar-refractivity contribution is -0.204. The molecule has 6 nitrogen and oxygen atoms in total. The van der Waals surface area contributed by atoms with E-state index in [2.05, 4.69) is 0 Å². The number of carbonyl (C=O) groups excluding carboxylic acids is 3. The van der Waals surface area contributed by atoms with Gasteiger partial charge in [-0.3, -0.25) is 19.8 Å². The number of urea groups is 1. The van der Waals surface area contributed by atoms with Crippen molar-refractivity contribution in [2.24, 2.45) is 5.92 Å². The van der Waals surface area contributed by atoms with E-state index in [1.54, 1.807) is 10.6 Å². The number of nitrogens with zero attached hydrogens (tertiary/aromatic N) is 1. The highest BCUT2D eigenvalue weighted by molar-refractivity contribution is 6.09. The Labute approximate surface area is 130 Å². The molecule has 23 heavy (non-hydrogen) atoms. The number of alkyl halides is 3. The van der Waals surface area contributed by atoms with Gasteiger partial charge in [-0.05, 0) is 25.7 Å². The van der Waals surface area contributed by atoms with Gasteiger partial charge in [0.05, 0.1) is 0 Å². The summed E-state index contributed by atoms with van der Waals surface area (Å²) in [7, 11) is 0. The third kappa shape index (κ3) is 2.66. The van der Waals surface area contributed by atoms with Crippen LogP contribution in [0.25, 0.3) is 0 Å². The highest BCUT2D eigenvalue weighted by Crippen LogP contribution is 2.38. The molecule has 2 saturated carbocycles. The van der Waals surface area contributed by atoms with Crippen molar-refractivity contribution in [2.45, 2.75) is 62.8 Å². The van der Waals surface area contributed by atoms with Crippen LogP contribution in [0.15, 0.2) is 0 Å². The number of hydrogen-bond acceptors (Lipinski definition) is 3. The third-order valence-electron chi connectivity index (χ3n) is 4.68. The zero-order valence-corrected chi connectivity index (χ0v) is 12.4. The summed E-state index contributed by atoms with van der Waals surface area (Å²) in [5.41, 5.74) is -3.33. The molecule has 9 heteroatoms. The van der Waals surface area contributed by atoms with Crippen molar-refractivity contribution < 1.29 is 27.6 Å². The number of carbonyl (C=O) groups is 3. The minimum atomic E-state index is -5.10. The Bertz CT molecular complexity index is 541. The van der Waals surface area contributed by atoms with Gasteiger partial charge < -0.3 is 5.32 Å². The van der Waals surface area contributed by atoms with Crippen molar-refractivity contribution >= 4 is 17.8 Å². The van der Waals surface area contributed by atoms with Gasteiger partial charge in [-0.15, -0.1) is 0 Å². The van der Waals surface area contributed by atoms with Crippen LogP contribution >= 0.6 is 0 Å². The van der Waals surface area contributed by atoms with Crippen molar-refractivity contribution in [1.82, 2.24) is 15.5 Å². The Morgan fingerprint density at radius 2 is 1.74 bits per heavy atom. The van der Waals surface area contributed by atoms with Crippen LogP contribution in [0.4, 0.5) is 18.0 Å². The summed E-state index contributed by atoms with van der Waals surface area (Å²) < 4.78 is 40.6. The van der Waals surface area contributed by atoms with Gasteiger partial charge in [0.15, 0.2) is 0 Å². The van der Waals surface area contributed by atoms with Gasteiger partial charge in [0.1, 0.15) is 0 Å². The van der Waals surface area contributed by atoms with Crippen molar-refractivity contribution in [1.29, 1.82) is 0 Å². The largest absolute Gasteiger partial charge is 0.440 e. The predicted octanol–water partition coefficient (Wildman–Crippen LogP) is 1.66. The molecule has 0 aromatic carbocycles. The van der Waals surface area contributed by atoms with Crippen LogP contribution in [0.1, 0.15) is 44.9 Å². The van der Waals surface area contributed by atoms with E-state index in [9.17, 15) is 27.6 Å². The summed E-state index contributed by atoms with van der Waals surface area (Å²) in [6.45, 7) is 0. The molecule has 4 amide bonds. The molecule has 1 aliphatic heterocycles. The van der Waals surface area contributed by atoms with Gasteiger partial charge in [-0.25, -0.2) is 4.79 Å². The summed E-state index contributed by atoms with van der Waals surface area (Å²) in [4.78, 5) is 37.0. The standard InChI is InChI=1S/C14H18F3N3O3/c15-14(16,17)13(18-10(21)8-6-7-8)11(22)20(12(23)19-13)9-4-2-1-3-5-9/h8-9H,1-7H2,(H,18,21)(H,19,23)/t13-/m1/s1. The molecule has 0 spiro atoms. The maximum Gasteiger partial charge on any atom is 0.440 e. The number of hydrogen-bond donors (Lipinski definition) is 2. The second-order valence-corrected chi connectivity index (χ2v) is 6.41. The van der Waals surface area contributed by atoms with E-state index in [1.165, 1.54) is 0 Å². The van der Waals surface area contributed by atoms with E-state index < -0.39 is 41.6 Å². The first-order valence-electron chi connectivity index (χ1n) is 7.81. The second-order valence-electron chi connectivity index (χ2n) is 6.41. The zero-order chi connectivity index (χ0) is 16.8. The average Bonchev–Trinajstić information content (AvgIpc) is 3.27. The molecule has 3 aliphatic rings. The molecule has 0 aromatic heterocycles. The number of nitrogens with one attached hydrogen (secondary N) is 2. The highest BCUT2D eigenvalue weighted by Gasteiger charge is 2.69. The van der Waals surface area contributed by atoms with Gasteiger partial charge in [0.25, 0.3) is 11.6 Å². The van der Waals surface area contributed by atoms with Crippen LogP contribution in [-0.4, -0.2) is 40.6 Å². The predicted molar refractivity (Wildman–Crippen MR) is 71.9 cm³/mol. The molecular formula is C14H18F3N3O3. The van der Waals surface area contributed by atoms with Crippen LogP contribution in [0, 0.1) is 5.92 Å². The Morgan fingerprint density at radius 1 is 1.13 bits per heavy atom. The van der Waals surface area contributed by atoms with E-state index in [0.717, 1.165) is 19.3 Å². The average molecular weight is 333 g/mol. The lowest BCUT2D eigenvalue weighted by Crippen LogP contribution is -2.70. The molecule has 0 aromatic rings. The molecular weight excluding hydrogens is 315 g/mol. The smallest absolute Gasteiger partial charge is 0.318 e. The fraction of sp³-hybridized carbons (Fsp3) is 0.786. The summed E-state index contributed by atoms with van der Waals surface area (Å²) in [5, 5.41) is 3.45. The number of rotatable bonds is 3. The van der Waals surface area contributed by atoms with E-state index in [4.69, 9.17) is 0 Å². The molecule has 1 atom stereocenters. The van der Waals surface area contributed by atoms with Crippen molar-refractivity contribution in [3.63, 3.8) is 0 Å². The molecule has 3 fully saturated rings. The molecule has 2 N–H and O–H groups in total. The lowest BCUT2D eigenvalue weighted by atomic mass is 9.94. The number of amides is 4. The van der Waals surface area contributed by atoms with E-state index in [1.807, 2.05) is 0 Å². The van der Waals surface area contributed by atoms with Crippen molar-refractivity contribution in [2.75, 3.05) is 0 Å². The second kappa shape index (κ2) is 5.38. The molecule has 3 rings (SSSR count). The number of imide groups is 1. The normalized spacial score (nSPS) is 29.6. The van der Waals surface area contributed by atoms with Crippen molar-refractivity contribution in [3.05, 3.63) is 0 Å². The van der Waals surface area contributed by atoms with Crippen LogP contribution in [0.5, 0.6) is 0 Å². The van der Waals surface area contributed by atoms with Crippen LogP contribution in [0.2, 0.25) is 0 Å². The third-order valence-corrected chi connectivity index (χ3v) is 4.68. The Hall–Kier alpha value is -1.80. The van der Waals surface area contributed by atoms with Gasteiger partial charge in [-0.2, -0.15) is 13.2 Å². The molecule has 128 valence electrons. The SMILES string of the molecule is O=C(N[C@@]1(C(F)(F)F)NC(=O)N(C2CCCCC2)C1=O)C1CC1. The van der Waals surface area contributed by atoms with E-state index >= 15 is 0 Å². The monoisotopic (exact) mass is 333 g/mol. The molecule has 1 saturated heterocycles. The maximum atomic E-state index is 13.5. The Kier molecular flexibility index (Phi) is 3.76. The van der Waals surface area contributed by atoms with E-state index in [-0.39, 0.29) is 0 Å². The first-order chi connectivity index (χ1) is 10.8. The van der Waals surface area contributed by atoms with Gasteiger partial charge >= 0.3 is 12.2 Å². The quantitative estimate of drug-likeness (QED) is 0.771. The fourth-order valence-corrected chi connectivity index (χ4v) is 3.20. The summed E-state index contributed by atoms with van der Waals surface area (Å²) in [5.74, 6) is -2.78.